The molecular formula is C21H24N4O. The second-order valence-electron chi connectivity index (χ2n) is 7.21. The van der Waals surface area contributed by atoms with E-state index in [-0.39, 0.29) is 11.9 Å². The van der Waals surface area contributed by atoms with Gasteiger partial charge in [0.25, 0.3) is 0 Å². The first-order chi connectivity index (χ1) is 12.7. The highest BCUT2D eigenvalue weighted by molar-refractivity contribution is 5.78. The fraction of sp³-hybridized carbons (Fsp3) is 0.381. The third-order valence-electron chi connectivity index (χ3n) is 5.25. The molecular weight excluding hydrogens is 324 g/mol. The number of nitrogens with zero attached hydrogens (tertiary/aromatic N) is 3. The van der Waals surface area contributed by atoms with Crippen molar-refractivity contribution in [1.29, 1.82) is 0 Å². The molecule has 3 aromatic rings. The third kappa shape index (κ3) is 3.62. The highest BCUT2D eigenvalue weighted by atomic mass is 16.1. The molecule has 5 heteroatoms. The number of nitrogens with one attached hydrogen (secondary N) is 1. The van der Waals surface area contributed by atoms with Gasteiger partial charge in [0.05, 0.1) is 6.42 Å². The molecule has 0 unspecified atom stereocenters. The summed E-state index contributed by atoms with van der Waals surface area (Å²) in [7, 11) is 0. The van der Waals surface area contributed by atoms with Crippen molar-refractivity contribution in [3.63, 3.8) is 0 Å². The maximum atomic E-state index is 12.3. The molecule has 3 heterocycles. The van der Waals surface area contributed by atoms with Crippen molar-refractivity contribution in [2.75, 3.05) is 0 Å². The van der Waals surface area contributed by atoms with E-state index in [1.807, 2.05) is 31.3 Å². The molecule has 0 aliphatic heterocycles. The lowest BCUT2D eigenvalue weighted by Gasteiger charge is -2.30. The quantitative estimate of drug-likeness (QED) is 0.784. The van der Waals surface area contributed by atoms with Gasteiger partial charge in [0, 0.05) is 41.8 Å². The van der Waals surface area contributed by atoms with Crippen molar-refractivity contribution in [3.05, 3.63) is 60.2 Å². The summed E-state index contributed by atoms with van der Waals surface area (Å²) in [6.45, 7) is 2.02. The Morgan fingerprint density at radius 2 is 2.00 bits per heavy atom. The lowest BCUT2D eigenvalue weighted by molar-refractivity contribution is -0.121. The van der Waals surface area contributed by atoms with Crippen molar-refractivity contribution in [2.24, 2.45) is 0 Å². The smallest absolute Gasteiger partial charge is 0.226 e. The molecule has 0 aromatic carbocycles. The van der Waals surface area contributed by atoms with Gasteiger partial charge in [-0.15, -0.1) is 0 Å². The number of hydrogen-bond donors (Lipinski definition) is 1. The van der Waals surface area contributed by atoms with Gasteiger partial charge in [0.2, 0.25) is 5.91 Å². The predicted octanol–water partition coefficient (Wildman–Crippen LogP) is 3.58. The van der Waals surface area contributed by atoms with E-state index in [1.165, 1.54) is 5.39 Å². The lowest BCUT2D eigenvalue weighted by Crippen LogP contribution is -2.38. The fourth-order valence-electron chi connectivity index (χ4n) is 3.92. The number of aromatic nitrogens is 3. The predicted molar refractivity (Wildman–Crippen MR) is 102 cm³/mol. The van der Waals surface area contributed by atoms with Crippen molar-refractivity contribution in [1.82, 2.24) is 19.9 Å². The maximum Gasteiger partial charge on any atom is 0.226 e. The van der Waals surface area contributed by atoms with Crippen LogP contribution in [0.25, 0.3) is 11.0 Å². The number of amides is 1. The Kier molecular flexibility index (Phi) is 4.69. The standard InChI is InChI=1S/C21H24N4O/c1-15-8-11-22-18(13-15)14-20(26)24-17-4-6-19(7-5-17)25-12-9-16-3-2-10-23-21(16)25/h2-3,8-13,17,19H,4-7,14H2,1H3,(H,24,26). The molecule has 0 spiro atoms. The minimum atomic E-state index is 0.0691. The second kappa shape index (κ2) is 7.28. The summed E-state index contributed by atoms with van der Waals surface area (Å²) in [5.74, 6) is 0.0691. The van der Waals surface area contributed by atoms with E-state index >= 15 is 0 Å². The van der Waals surface area contributed by atoms with Crippen molar-refractivity contribution in [2.45, 2.75) is 51.1 Å². The Hall–Kier alpha value is -2.69. The van der Waals surface area contributed by atoms with Gasteiger partial charge in [-0.05, 0) is 68.5 Å². The second-order valence-corrected chi connectivity index (χ2v) is 7.21. The molecule has 26 heavy (non-hydrogen) atoms. The number of hydrogen-bond acceptors (Lipinski definition) is 3. The topological polar surface area (TPSA) is 59.8 Å². The van der Waals surface area contributed by atoms with Crippen LogP contribution in [0.1, 0.15) is 43.0 Å². The van der Waals surface area contributed by atoms with Crippen LogP contribution in [-0.4, -0.2) is 26.5 Å². The van der Waals surface area contributed by atoms with E-state index < -0.39 is 0 Å². The first-order valence-electron chi connectivity index (χ1n) is 9.31. The number of pyridine rings is 2. The summed E-state index contributed by atoms with van der Waals surface area (Å²) in [5.41, 5.74) is 3.03. The van der Waals surface area contributed by atoms with Crippen molar-refractivity contribution < 1.29 is 4.79 Å². The molecule has 3 aromatic heterocycles. The van der Waals surface area contributed by atoms with Gasteiger partial charge >= 0.3 is 0 Å². The minimum absolute atomic E-state index is 0.0691. The Morgan fingerprint density at radius 3 is 2.81 bits per heavy atom. The number of fused-ring (bicyclic) bond motifs is 1. The molecule has 0 atom stereocenters. The minimum Gasteiger partial charge on any atom is -0.353 e. The summed E-state index contributed by atoms with van der Waals surface area (Å²) in [6.07, 6.45) is 10.2. The lowest BCUT2D eigenvalue weighted by atomic mass is 9.91. The largest absolute Gasteiger partial charge is 0.353 e. The zero-order valence-electron chi connectivity index (χ0n) is 15.1. The van der Waals surface area contributed by atoms with Crippen LogP contribution in [0.5, 0.6) is 0 Å². The van der Waals surface area contributed by atoms with Crippen LogP contribution in [0.3, 0.4) is 0 Å². The molecule has 1 aliphatic carbocycles. The molecule has 5 nitrogen and oxygen atoms in total. The molecule has 1 saturated carbocycles. The maximum absolute atomic E-state index is 12.3. The normalized spacial score (nSPS) is 20.2. The van der Waals surface area contributed by atoms with Crippen LogP contribution < -0.4 is 5.32 Å². The molecule has 0 bridgehead atoms. The summed E-state index contributed by atoms with van der Waals surface area (Å²) >= 11 is 0. The number of carbonyl (C=O) groups is 1. The zero-order chi connectivity index (χ0) is 17.9. The van der Waals surface area contributed by atoms with Crippen LogP contribution in [0.15, 0.2) is 48.9 Å². The Bertz CT molecular complexity index is 909. The van der Waals surface area contributed by atoms with E-state index in [0.29, 0.717) is 12.5 Å². The van der Waals surface area contributed by atoms with Gasteiger partial charge in [-0.25, -0.2) is 4.98 Å². The van der Waals surface area contributed by atoms with Gasteiger partial charge in [-0.1, -0.05) is 0 Å². The van der Waals surface area contributed by atoms with Crippen LogP contribution in [0.4, 0.5) is 0 Å². The average molecular weight is 348 g/mol. The molecule has 0 saturated heterocycles. The SMILES string of the molecule is Cc1ccnc(CC(=O)NC2CCC(n3ccc4cccnc43)CC2)c1. The molecule has 0 radical (unpaired) electrons. The Labute approximate surface area is 153 Å². The molecule has 1 aliphatic rings. The first kappa shape index (κ1) is 16.8. The summed E-state index contributed by atoms with van der Waals surface area (Å²) < 4.78 is 2.30. The van der Waals surface area contributed by atoms with Crippen molar-refractivity contribution in [3.8, 4) is 0 Å². The molecule has 1 amide bonds. The van der Waals surface area contributed by atoms with Gasteiger partial charge in [0.15, 0.2) is 0 Å². The Morgan fingerprint density at radius 1 is 1.15 bits per heavy atom. The Balaban J connectivity index is 1.33. The zero-order valence-corrected chi connectivity index (χ0v) is 15.1. The highest BCUT2D eigenvalue weighted by Crippen LogP contribution is 2.31. The van der Waals surface area contributed by atoms with Gasteiger partial charge in [-0.3, -0.25) is 9.78 Å². The van der Waals surface area contributed by atoms with Crippen LogP contribution >= 0.6 is 0 Å². The van der Waals surface area contributed by atoms with Gasteiger partial charge in [-0.2, -0.15) is 0 Å². The fourth-order valence-corrected chi connectivity index (χ4v) is 3.92. The van der Waals surface area contributed by atoms with E-state index in [9.17, 15) is 4.79 Å². The summed E-state index contributed by atoms with van der Waals surface area (Å²) in [4.78, 5) is 21.1. The van der Waals surface area contributed by atoms with E-state index in [2.05, 4.69) is 38.2 Å². The first-order valence-corrected chi connectivity index (χ1v) is 9.31. The third-order valence-corrected chi connectivity index (χ3v) is 5.25. The molecule has 1 fully saturated rings. The van der Waals surface area contributed by atoms with Crippen LogP contribution in [-0.2, 0) is 11.2 Å². The van der Waals surface area contributed by atoms with Gasteiger partial charge < -0.3 is 9.88 Å². The summed E-state index contributed by atoms with van der Waals surface area (Å²) in [5, 5.41) is 4.37. The number of aryl methyl sites for hydroxylation is 1. The number of carbonyl (C=O) groups excluding carboxylic acids is 1. The highest BCUT2D eigenvalue weighted by Gasteiger charge is 2.24. The molecule has 134 valence electrons. The molecule has 1 N–H and O–H groups in total. The van der Waals surface area contributed by atoms with Crippen LogP contribution in [0, 0.1) is 6.92 Å². The van der Waals surface area contributed by atoms with Gasteiger partial charge in [0.1, 0.15) is 5.65 Å². The molecule has 4 rings (SSSR count). The van der Waals surface area contributed by atoms with E-state index in [1.54, 1.807) is 6.20 Å². The van der Waals surface area contributed by atoms with Crippen LogP contribution in [0.2, 0.25) is 0 Å². The van der Waals surface area contributed by atoms with E-state index in [0.717, 1.165) is 42.6 Å². The average Bonchev–Trinajstić information content (AvgIpc) is 3.06. The monoisotopic (exact) mass is 348 g/mol. The van der Waals surface area contributed by atoms with E-state index in [4.69, 9.17) is 0 Å². The van der Waals surface area contributed by atoms with Crippen molar-refractivity contribution >= 4 is 16.9 Å². The summed E-state index contributed by atoms with van der Waals surface area (Å²) in [6, 6.07) is 10.9. The number of rotatable bonds is 4.